The Bertz CT molecular complexity index is 487. The molecule has 2 aromatic rings. The maximum atomic E-state index is 10.9. The van der Waals surface area contributed by atoms with Crippen molar-refractivity contribution in [1.29, 1.82) is 0 Å². The lowest BCUT2D eigenvalue weighted by molar-refractivity contribution is 0.0698. The molecule has 0 aliphatic rings. The van der Waals surface area contributed by atoms with Crippen molar-refractivity contribution < 1.29 is 9.90 Å². The van der Waals surface area contributed by atoms with Gasteiger partial charge in [-0.2, -0.15) is 16.4 Å². The molecule has 0 radical (unpaired) electrons. The van der Waals surface area contributed by atoms with Crippen LogP contribution in [0.4, 0.5) is 0 Å². The number of carboxylic acids is 1. The Balaban J connectivity index is 2.44. The molecule has 0 aliphatic heterocycles. The van der Waals surface area contributed by atoms with Crippen LogP contribution in [0.5, 0.6) is 0 Å². The molecule has 0 aromatic carbocycles. The lowest BCUT2D eigenvalue weighted by Crippen LogP contribution is -1.95. The number of rotatable bonds is 3. The summed E-state index contributed by atoms with van der Waals surface area (Å²) >= 11 is 1.39. The second-order valence-corrected chi connectivity index (χ2v) is 3.83. The lowest BCUT2D eigenvalue weighted by Gasteiger charge is -1.95. The van der Waals surface area contributed by atoms with Gasteiger partial charge in [0.05, 0.1) is 11.8 Å². The van der Waals surface area contributed by atoms with E-state index in [2.05, 4.69) is 5.10 Å². The molecule has 15 heavy (non-hydrogen) atoms. The molecular formula is C10H10N2O2S. The number of aromatic carboxylic acids is 1. The first-order chi connectivity index (χ1) is 7.22. The summed E-state index contributed by atoms with van der Waals surface area (Å²) in [6.45, 7) is 2.77. The van der Waals surface area contributed by atoms with E-state index < -0.39 is 5.97 Å². The van der Waals surface area contributed by atoms with Crippen LogP contribution in [-0.4, -0.2) is 20.9 Å². The molecule has 5 heteroatoms. The van der Waals surface area contributed by atoms with Crippen LogP contribution in [0.2, 0.25) is 0 Å². The number of carboxylic acid groups (broad SMARTS) is 1. The Kier molecular flexibility index (Phi) is 2.55. The van der Waals surface area contributed by atoms with E-state index in [0.29, 0.717) is 5.56 Å². The van der Waals surface area contributed by atoms with E-state index in [1.54, 1.807) is 16.3 Å². The number of hydrogen-bond donors (Lipinski definition) is 1. The fourth-order valence-corrected chi connectivity index (χ4v) is 2.19. The van der Waals surface area contributed by atoms with Crippen LogP contribution in [0.25, 0.3) is 11.1 Å². The van der Waals surface area contributed by atoms with Gasteiger partial charge in [0.2, 0.25) is 0 Å². The average molecular weight is 222 g/mol. The van der Waals surface area contributed by atoms with Gasteiger partial charge in [0.15, 0.2) is 0 Å². The van der Waals surface area contributed by atoms with Crippen molar-refractivity contribution in [3.05, 3.63) is 28.7 Å². The van der Waals surface area contributed by atoms with E-state index >= 15 is 0 Å². The fourth-order valence-electron chi connectivity index (χ4n) is 1.36. The van der Waals surface area contributed by atoms with Crippen LogP contribution in [0.3, 0.4) is 0 Å². The zero-order chi connectivity index (χ0) is 10.8. The van der Waals surface area contributed by atoms with Crippen molar-refractivity contribution in [3.63, 3.8) is 0 Å². The Morgan fingerprint density at radius 2 is 2.40 bits per heavy atom. The molecule has 0 saturated carbocycles. The number of thiophene rings is 1. The van der Waals surface area contributed by atoms with E-state index in [0.717, 1.165) is 17.7 Å². The van der Waals surface area contributed by atoms with E-state index in [1.807, 2.05) is 18.5 Å². The Hall–Kier alpha value is -1.62. The van der Waals surface area contributed by atoms with Crippen LogP contribution in [0.1, 0.15) is 17.3 Å². The van der Waals surface area contributed by atoms with Gasteiger partial charge in [-0.3, -0.25) is 4.68 Å². The Labute approximate surface area is 90.8 Å². The average Bonchev–Trinajstić information content (AvgIpc) is 2.85. The fraction of sp³-hybridized carbons (Fsp3) is 0.200. The molecule has 0 unspecified atom stereocenters. The number of aryl methyl sites for hydroxylation is 1. The van der Waals surface area contributed by atoms with Gasteiger partial charge in [-0.1, -0.05) is 0 Å². The van der Waals surface area contributed by atoms with Gasteiger partial charge in [-0.25, -0.2) is 4.79 Å². The van der Waals surface area contributed by atoms with E-state index in [4.69, 9.17) is 5.11 Å². The van der Waals surface area contributed by atoms with Crippen molar-refractivity contribution in [2.24, 2.45) is 0 Å². The summed E-state index contributed by atoms with van der Waals surface area (Å²) in [5, 5.41) is 16.6. The van der Waals surface area contributed by atoms with E-state index in [9.17, 15) is 4.79 Å². The minimum Gasteiger partial charge on any atom is -0.478 e. The third-order valence-electron chi connectivity index (χ3n) is 2.16. The molecule has 0 spiro atoms. The van der Waals surface area contributed by atoms with Crippen molar-refractivity contribution in [2.75, 3.05) is 0 Å². The molecule has 0 aliphatic carbocycles. The molecule has 2 heterocycles. The summed E-state index contributed by atoms with van der Waals surface area (Å²) in [4.78, 5) is 10.9. The first-order valence-corrected chi connectivity index (χ1v) is 5.49. The molecule has 0 amide bonds. The molecule has 0 fully saturated rings. The van der Waals surface area contributed by atoms with Crippen molar-refractivity contribution >= 4 is 17.3 Å². The molecule has 2 rings (SSSR count). The molecule has 1 N–H and O–H groups in total. The maximum absolute atomic E-state index is 10.9. The molecule has 0 saturated heterocycles. The summed E-state index contributed by atoms with van der Waals surface area (Å²) in [6, 6.07) is 0. The van der Waals surface area contributed by atoms with Crippen LogP contribution >= 0.6 is 11.3 Å². The highest BCUT2D eigenvalue weighted by Gasteiger charge is 2.13. The smallest absolute Gasteiger partial charge is 0.337 e. The SMILES string of the molecule is CCn1cc(-c2cscc2C(=O)O)cn1. The third-order valence-corrected chi connectivity index (χ3v) is 2.90. The standard InChI is InChI=1S/C10H10N2O2S/c1-2-12-4-7(3-11-12)8-5-15-6-9(8)10(13)14/h3-6H,2H2,1H3,(H,13,14). The van der Waals surface area contributed by atoms with Gasteiger partial charge >= 0.3 is 5.97 Å². The van der Waals surface area contributed by atoms with Gasteiger partial charge in [0.1, 0.15) is 0 Å². The van der Waals surface area contributed by atoms with Crippen molar-refractivity contribution in [1.82, 2.24) is 9.78 Å². The molecule has 0 bridgehead atoms. The second-order valence-electron chi connectivity index (χ2n) is 3.09. The van der Waals surface area contributed by atoms with Crippen LogP contribution in [0, 0.1) is 0 Å². The maximum Gasteiger partial charge on any atom is 0.337 e. The van der Waals surface area contributed by atoms with Gasteiger partial charge in [-0.05, 0) is 12.3 Å². The number of hydrogen-bond acceptors (Lipinski definition) is 3. The molecule has 78 valence electrons. The summed E-state index contributed by atoms with van der Waals surface area (Å²) in [5.74, 6) is -0.893. The number of nitrogens with zero attached hydrogens (tertiary/aromatic N) is 2. The first kappa shape index (κ1) is 9.92. The van der Waals surface area contributed by atoms with E-state index in [-0.39, 0.29) is 0 Å². The second kappa shape index (κ2) is 3.86. The highest BCUT2D eigenvalue weighted by Crippen LogP contribution is 2.26. The molecular weight excluding hydrogens is 212 g/mol. The molecule has 0 atom stereocenters. The predicted octanol–water partition coefficient (Wildman–Crippen LogP) is 2.33. The number of carbonyl (C=O) groups is 1. The van der Waals surface area contributed by atoms with Crippen LogP contribution in [0.15, 0.2) is 23.2 Å². The zero-order valence-corrected chi connectivity index (χ0v) is 8.99. The third kappa shape index (κ3) is 1.78. The van der Waals surface area contributed by atoms with Gasteiger partial charge in [0, 0.05) is 29.2 Å². The summed E-state index contributed by atoms with van der Waals surface area (Å²) in [7, 11) is 0. The van der Waals surface area contributed by atoms with Gasteiger partial charge in [0.25, 0.3) is 0 Å². The quantitative estimate of drug-likeness (QED) is 0.867. The normalized spacial score (nSPS) is 10.5. The molecule has 4 nitrogen and oxygen atoms in total. The Morgan fingerprint density at radius 3 is 3.00 bits per heavy atom. The van der Waals surface area contributed by atoms with Gasteiger partial charge < -0.3 is 5.11 Å². The largest absolute Gasteiger partial charge is 0.478 e. The molecule has 2 aromatic heterocycles. The van der Waals surface area contributed by atoms with Crippen molar-refractivity contribution in [2.45, 2.75) is 13.5 Å². The first-order valence-electron chi connectivity index (χ1n) is 4.54. The lowest BCUT2D eigenvalue weighted by atomic mass is 10.1. The highest BCUT2D eigenvalue weighted by molar-refractivity contribution is 7.08. The van der Waals surface area contributed by atoms with Crippen molar-refractivity contribution in [3.8, 4) is 11.1 Å². The van der Waals surface area contributed by atoms with Crippen LogP contribution < -0.4 is 0 Å². The minimum atomic E-state index is -0.893. The van der Waals surface area contributed by atoms with Gasteiger partial charge in [-0.15, -0.1) is 0 Å². The summed E-state index contributed by atoms with van der Waals surface area (Å²) in [5.41, 5.74) is 1.94. The van der Waals surface area contributed by atoms with Crippen LogP contribution in [-0.2, 0) is 6.54 Å². The minimum absolute atomic E-state index is 0.343. The number of aromatic nitrogens is 2. The highest BCUT2D eigenvalue weighted by atomic mass is 32.1. The summed E-state index contributed by atoms with van der Waals surface area (Å²) < 4.78 is 1.78. The Morgan fingerprint density at radius 1 is 1.60 bits per heavy atom. The van der Waals surface area contributed by atoms with E-state index in [1.165, 1.54) is 11.3 Å². The zero-order valence-electron chi connectivity index (χ0n) is 8.17. The predicted molar refractivity (Wildman–Crippen MR) is 58.2 cm³/mol. The monoisotopic (exact) mass is 222 g/mol. The topological polar surface area (TPSA) is 55.1 Å². The summed E-state index contributed by atoms with van der Waals surface area (Å²) in [6.07, 6.45) is 3.55.